The molecule has 3 N–H and O–H groups in total. The van der Waals surface area contributed by atoms with Gasteiger partial charge in [-0.25, -0.2) is 4.98 Å². The molecule has 0 aliphatic carbocycles. The Kier molecular flexibility index (Phi) is 4.59. The fraction of sp³-hybridized carbons (Fsp3) is 0.231. The highest BCUT2D eigenvalue weighted by Crippen LogP contribution is 2.29. The van der Waals surface area contributed by atoms with E-state index < -0.39 is 17.6 Å². The molecule has 0 aliphatic heterocycles. The Morgan fingerprint density at radius 1 is 1.29 bits per heavy atom. The molecule has 1 heterocycles. The summed E-state index contributed by atoms with van der Waals surface area (Å²) in [7, 11) is 0. The standard InChI is InChI=1S/C13H12F3N3OS/c14-13(15,16)8-1-3-9(4-2-8)18-12(20)10-7-21-11(19-10)5-6-17/h1-4,7H,5-6,17H2,(H,18,20). The first-order valence-electron chi connectivity index (χ1n) is 6.03. The van der Waals surface area contributed by atoms with Gasteiger partial charge < -0.3 is 11.1 Å². The lowest BCUT2D eigenvalue weighted by Gasteiger charge is -2.08. The van der Waals surface area contributed by atoms with Crippen LogP contribution in [0.1, 0.15) is 21.1 Å². The van der Waals surface area contributed by atoms with Crippen molar-refractivity contribution in [3.8, 4) is 0 Å². The van der Waals surface area contributed by atoms with E-state index in [4.69, 9.17) is 5.73 Å². The maximum atomic E-state index is 12.4. The zero-order valence-corrected chi connectivity index (χ0v) is 11.6. The zero-order valence-electron chi connectivity index (χ0n) is 10.8. The number of rotatable bonds is 4. The van der Waals surface area contributed by atoms with Gasteiger partial charge in [-0.2, -0.15) is 13.2 Å². The number of carbonyl (C=O) groups is 1. The molecule has 1 aromatic heterocycles. The maximum Gasteiger partial charge on any atom is 0.416 e. The second-order valence-corrected chi connectivity index (χ2v) is 5.14. The predicted octanol–water partition coefficient (Wildman–Crippen LogP) is 2.92. The summed E-state index contributed by atoms with van der Waals surface area (Å²) in [6.07, 6.45) is -3.81. The molecule has 1 aromatic carbocycles. The number of hydrogen-bond acceptors (Lipinski definition) is 4. The first-order valence-corrected chi connectivity index (χ1v) is 6.91. The quantitative estimate of drug-likeness (QED) is 0.911. The van der Waals surface area contributed by atoms with Gasteiger partial charge in [0, 0.05) is 17.5 Å². The SMILES string of the molecule is NCCc1nc(C(=O)Nc2ccc(C(F)(F)F)cc2)cs1. The normalized spacial score (nSPS) is 11.4. The average molecular weight is 315 g/mol. The second kappa shape index (κ2) is 6.23. The van der Waals surface area contributed by atoms with Crippen LogP contribution >= 0.6 is 11.3 Å². The van der Waals surface area contributed by atoms with E-state index in [1.807, 2.05) is 0 Å². The van der Waals surface area contributed by atoms with Crippen molar-refractivity contribution in [1.82, 2.24) is 4.98 Å². The van der Waals surface area contributed by atoms with Gasteiger partial charge in [-0.05, 0) is 30.8 Å². The Bertz CT molecular complexity index is 622. The van der Waals surface area contributed by atoms with Crippen molar-refractivity contribution in [3.05, 3.63) is 45.9 Å². The van der Waals surface area contributed by atoms with Crippen LogP contribution in [-0.2, 0) is 12.6 Å². The molecule has 0 saturated carbocycles. The van der Waals surface area contributed by atoms with Gasteiger partial charge in [0.15, 0.2) is 0 Å². The summed E-state index contributed by atoms with van der Waals surface area (Å²) in [4.78, 5) is 16.0. The Morgan fingerprint density at radius 3 is 2.52 bits per heavy atom. The topological polar surface area (TPSA) is 68.0 Å². The number of nitrogens with two attached hydrogens (primary N) is 1. The molecule has 4 nitrogen and oxygen atoms in total. The van der Waals surface area contributed by atoms with Crippen molar-refractivity contribution < 1.29 is 18.0 Å². The Morgan fingerprint density at radius 2 is 1.95 bits per heavy atom. The number of aromatic nitrogens is 1. The fourth-order valence-corrected chi connectivity index (χ4v) is 2.39. The summed E-state index contributed by atoms with van der Waals surface area (Å²) < 4.78 is 37.2. The fourth-order valence-electron chi connectivity index (χ4n) is 1.59. The number of nitrogens with zero attached hydrogens (tertiary/aromatic N) is 1. The largest absolute Gasteiger partial charge is 0.416 e. The average Bonchev–Trinajstić information content (AvgIpc) is 2.87. The van der Waals surface area contributed by atoms with Gasteiger partial charge >= 0.3 is 6.18 Å². The van der Waals surface area contributed by atoms with Crippen LogP contribution in [0, 0.1) is 0 Å². The van der Waals surface area contributed by atoms with Gasteiger partial charge in [-0.1, -0.05) is 0 Å². The van der Waals surface area contributed by atoms with Crippen LogP contribution in [0.25, 0.3) is 0 Å². The lowest BCUT2D eigenvalue weighted by molar-refractivity contribution is -0.137. The number of thiazole rings is 1. The smallest absolute Gasteiger partial charge is 0.330 e. The molecule has 0 fully saturated rings. The van der Waals surface area contributed by atoms with E-state index in [2.05, 4.69) is 10.3 Å². The molecule has 0 saturated heterocycles. The number of carbonyl (C=O) groups excluding carboxylic acids is 1. The van der Waals surface area contributed by atoms with Crippen LogP contribution in [0.2, 0.25) is 0 Å². The molecule has 0 bridgehead atoms. The molecule has 2 rings (SSSR count). The molecular weight excluding hydrogens is 303 g/mol. The predicted molar refractivity (Wildman–Crippen MR) is 74.3 cm³/mol. The molecule has 8 heteroatoms. The minimum atomic E-state index is -4.39. The highest BCUT2D eigenvalue weighted by molar-refractivity contribution is 7.09. The van der Waals surface area contributed by atoms with Crippen LogP contribution in [0.15, 0.2) is 29.6 Å². The summed E-state index contributed by atoms with van der Waals surface area (Å²) in [6.45, 7) is 0.438. The Balaban J connectivity index is 2.05. The van der Waals surface area contributed by atoms with Crippen molar-refractivity contribution >= 4 is 22.9 Å². The molecule has 112 valence electrons. The molecule has 0 radical (unpaired) electrons. The van der Waals surface area contributed by atoms with E-state index in [0.717, 1.165) is 17.1 Å². The monoisotopic (exact) mass is 315 g/mol. The summed E-state index contributed by atoms with van der Waals surface area (Å²) in [5, 5.41) is 4.83. The third-order valence-corrected chi connectivity index (χ3v) is 3.52. The summed E-state index contributed by atoms with van der Waals surface area (Å²) in [5.41, 5.74) is 5.13. The van der Waals surface area contributed by atoms with E-state index in [-0.39, 0.29) is 11.4 Å². The van der Waals surface area contributed by atoms with E-state index in [1.165, 1.54) is 23.5 Å². The minimum Gasteiger partial charge on any atom is -0.330 e. The van der Waals surface area contributed by atoms with E-state index >= 15 is 0 Å². The summed E-state index contributed by atoms with van der Waals surface area (Å²) in [5.74, 6) is -0.464. The first-order chi connectivity index (χ1) is 9.90. The number of amides is 1. The number of anilines is 1. The summed E-state index contributed by atoms with van der Waals surface area (Å²) in [6, 6.07) is 4.23. The van der Waals surface area contributed by atoms with Crippen molar-refractivity contribution in [2.45, 2.75) is 12.6 Å². The van der Waals surface area contributed by atoms with Crippen molar-refractivity contribution in [1.29, 1.82) is 0 Å². The van der Waals surface area contributed by atoms with Crippen LogP contribution < -0.4 is 11.1 Å². The third kappa shape index (κ3) is 4.02. The van der Waals surface area contributed by atoms with Gasteiger partial charge in [0.25, 0.3) is 5.91 Å². The van der Waals surface area contributed by atoms with Crippen LogP contribution in [0.5, 0.6) is 0 Å². The lowest BCUT2D eigenvalue weighted by atomic mass is 10.2. The number of benzene rings is 1. The zero-order chi connectivity index (χ0) is 15.5. The van der Waals surface area contributed by atoms with E-state index in [0.29, 0.717) is 13.0 Å². The first kappa shape index (κ1) is 15.5. The molecule has 1 amide bonds. The van der Waals surface area contributed by atoms with Crippen molar-refractivity contribution in [3.63, 3.8) is 0 Å². The van der Waals surface area contributed by atoms with Crippen LogP contribution in [0.3, 0.4) is 0 Å². The van der Waals surface area contributed by atoms with Crippen LogP contribution in [0.4, 0.5) is 18.9 Å². The molecule has 0 unspecified atom stereocenters. The van der Waals surface area contributed by atoms with E-state index in [9.17, 15) is 18.0 Å². The molecule has 0 atom stereocenters. The highest BCUT2D eigenvalue weighted by atomic mass is 32.1. The van der Waals surface area contributed by atoms with E-state index in [1.54, 1.807) is 5.38 Å². The van der Waals surface area contributed by atoms with Gasteiger partial charge in [0.1, 0.15) is 5.69 Å². The van der Waals surface area contributed by atoms with Crippen molar-refractivity contribution in [2.24, 2.45) is 5.73 Å². The minimum absolute atomic E-state index is 0.225. The number of hydrogen-bond donors (Lipinski definition) is 2. The van der Waals surface area contributed by atoms with Crippen molar-refractivity contribution in [2.75, 3.05) is 11.9 Å². The molecule has 2 aromatic rings. The van der Waals surface area contributed by atoms with Crippen LogP contribution in [-0.4, -0.2) is 17.4 Å². The Hall–Kier alpha value is -1.93. The Labute approximate surface area is 122 Å². The number of nitrogens with one attached hydrogen (secondary N) is 1. The third-order valence-electron chi connectivity index (χ3n) is 2.61. The lowest BCUT2D eigenvalue weighted by Crippen LogP contribution is -2.13. The number of alkyl halides is 3. The second-order valence-electron chi connectivity index (χ2n) is 4.19. The van der Waals surface area contributed by atoms with Gasteiger partial charge in [0.2, 0.25) is 0 Å². The van der Waals surface area contributed by atoms with Gasteiger partial charge in [-0.3, -0.25) is 4.79 Å². The van der Waals surface area contributed by atoms with Gasteiger partial charge in [0.05, 0.1) is 10.6 Å². The molecule has 0 aliphatic rings. The molecule has 21 heavy (non-hydrogen) atoms. The summed E-state index contributed by atoms with van der Waals surface area (Å²) >= 11 is 1.32. The van der Waals surface area contributed by atoms with Gasteiger partial charge in [-0.15, -0.1) is 11.3 Å². The molecule has 0 spiro atoms. The highest BCUT2D eigenvalue weighted by Gasteiger charge is 2.30. The maximum absolute atomic E-state index is 12.4. The molecular formula is C13H12F3N3OS. The number of halogens is 3.